The van der Waals surface area contributed by atoms with E-state index in [0.29, 0.717) is 6.54 Å². The highest BCUT2D eigenvalue weighted by Gasteiger charge is 2.31. The zero-order valence-corrected chi connectivity index (χ0v) is 11.4. The van der Waals surface area contributed by atoms with Crippen molar-refractivity contribution in [2.75, 3.05) is 39.8 Å². The number of nitrogens with zero attached hydrogens (tertiary/aromatic N) is 2. The molecule has 0 bridgehead atoms. The van der Waals surface area contributed by atoms with Crippen LogP contribution in [0.2, 0.25) is 0 Å². The van der Waals surface area contributed by atoms with E-state index in [1.54, 1.807) is 0 Å². The molecule has 0 spiro atoms. The van der Waals surface area contributed by atoms with Crippen LogP contribution in [0.15, 0.2) is 0 Å². The van der Waals surface area contributed by atoms with E-state index in [1.165, 1.54) is 7.11 Å². The lowest BCUT2D eigenvalue weighted by Gasteiger charge is -2.43. The van der Waals surface area contributed by atoms with Crippen molar-refractivity contribution in [2.45, 2.75) is 32.4 Å². The van der Waals surface area contributed by atoms with Crippen LogP contribution in [0.25, 0.3) is 0 Å². The minimum absolute atomic E-state index is 0.190. The van der Waals surface area contributed by atoms with Crippen LogP contribution in [-0.2, 0) is 9.53 Å². The monoisotopic (exact) mass is 243 g/mol. The second-order valence-corrected chi connectivity index (χ2v) is 5.47. The molecule has 0 aliphatic carbocycles. The van der Waals surface area contributed by atoms with E-state index in [4.69, 9.17) is 10.5 Å². The van der Waals surface area contributed by atoms with Gasteiger partial charge in [0.05, 0.1) is 7.11 Å². The predicted molar refractivity (Wildman–Crippen MR) is 67.8 cm³/mol. The number of rotatable bonds is 3. The van der Waals surface area contributed by atoms with Gasteiger partial charge in [-0.15, -0.1) is 0 Å². The number of methoxy groups -OCH3 is 1. The number of nitrogens with two attached hydrogens (primary N) is 1. The van der Waals surface area contributed by atoms with Crippen molar-refractivity contribution in [1.82, 2.24) is 9.80 Å². The van der Waals surface area contributed by atoms with Crippen molar-refractivity contribution >= 4 is 5.97 Å². The molecule has 1 rings (SSSR count). The van der Waals surface area contributed by atoms with E-state index in [0.717, 1.165) is 26.2 Å². The van der Waals surface area contributed by atoms with Gasteiger partial charge in [0.15, 0.2) is 0 Å². The number of carbonyl (C=O) groups is 1. The molecule has 2 N–H and O–H groups in total. The molecule has 1 aliphatic heterocycles. The standard InChI is InChI=1S/C12H25N3O2/c1-12(2,3)15-7-5-14(6-8-15)10(9-13)11(16)17-4/h10H,5-9,13H2,1-4H3. The van der Waals surface area contributed by atoms with Crippen LogP contribution in [0.1, 0.15) is 20.8 Å². The Hall–Kier alpha value is -0.650. The summed E-state index contributed by atoms with van der Waals surface area (Å²) in [5.74, 6) is -0.225. The first-order valence-electron chi connectivity index (χ1n) is 6.17. The first-order chi connectivity index (χ1) is 7.90. The molecule has 1 saturated heterocycles. The van der Waals surface area contributed by atoms with E-state index in [2.05, 4.69) is 30.6 Å². The first-order valence-corrected chi connectivity index (χ1v) is 6.17. The molecule has 1 atom stereocenters. The van der Waals surface area contributed by atoms with Gasteiger partial charge in [0, 0.05) is 38.3 Å². The quantitative estimate of drug-likeness (QED) is 0.702. The molecule has 1 aliphatic rings. The second kappa shape index (κ2) is 5.80. The van der Waals surface area contributed by atoms with Gasteiger partial charge in [0.25, 0.3) is 0 Å². The molecule has 5 nitrogen and oxygen atoms in total. The highest BCUT2D eigenvalue weighted by molar-refractivity contribution is 5.75. The minimum Gasteiger partial charge on any atom is -0.468 e. The zero-order chi connectivity index (χ0) is 13.1. The smallest absolute Gasteiger partial charge is 0.324 e. The summed E-state index contributed by atoms with van der Waals surface area (Å²) in [6.45, 7) is 10.6. The Labute approximate surface area is 104 Å². The van der Waals surface area contributed by atoms with E-state index >= 15 is 0 Å². The molecule has 5 heteroatoms. The van der Waals surface area contributed by atoms with Gasteiger partial charge in [0.1, 0.15) is 6.04 Å². The fourth-order valence-corrected chi connectivity index (χ4v) is 2.23. The Morgan fingerprint density at radius 2 is 1.82 bits per heavy atom. The topological polar surface area (TPSA) is 58.8 Å². The molecule has 0 saturated carbocycles. The summed E-state index contributed by atoms with van der Waals surface area (Å²) in [5, 5.41) is 0. The molecule has 17 heavy (non-hydrogen) atoms. The third-order valence-electron chi connectivity index (χ3n) is 3.40. The van der Waals surface area contributed by atoms with Gasteiger partial charge < -0.3 is 10.5 Å². The summed E-state index contributed by atoms with van der Waals surface area (Å²) in [5.41, 5.74) is 5.83. The number of carbonyl (C=O) groups excluding carboxylic acids is 1. The fraction of sp³-hybridized carbons (Fsp3) is 0.917. The lowest BCUT2D eigenvalue weighted by molar-refractivity contribution is -0.147. The number of esters is 1. The number of hydrogen-bond donors (Lipinski definition) is 1. The lowest BCUT2D eigenvalue weighted by atomic mass is 10.0. The Balaban J connectivity index is 2.53. The van der Waals surface area contributed by atoms with E-state index < -0.39 is 0 Å². The van der Waals surface area contributed by atoms with Gasteiger partial charge in [-0.25, -0.2) is 0 Å². The Morgan fingerprint density at radius 3 is 2.18 bits per heavy atom. The normalized spacial score (nSPS) is 21.2. The molecule has 0 aromatic heterocycles. The van der Waals surface area contributed by atoms with Crippen molar-refractivity contribution in [2.24, 2.45) is 5.73 Å². The first kappa shape index (κ1) is 14.4. The molecule has 1 fully saturated rings. The Kier molecular flexibility index (Phi) is 4.91. The Bertz CT molecular complexity index is 255. The third kappa shape index (κ3) is 3.66. The average molecular weight is 243 g/mol. The Morgan fingerprint density at radius 1 is 1.29 bits per heavy atom. The van der Waals surface area contributed by atoms with E-state index in [-0.39, 0.29) is 17.6 Å². The van der Waals surface area contributed by atoms with Crippen LogP contribution in [0.5, 0.6) is 0 Å². The van der Waals surface area contributed by atoms with Crippen molar-refractivity contribution in [3.63, 3.8) is 0 Å². The maximum atomic E-state index is 11.6. The largest absolute Gasteiger partial charge is 0.468 e. The van der Waals surface area contributed by atoms with Gasteiger partial charge in [-0.05, 0) is 20.8 Å². The van der Waals surface area contributed by atoms with Crippen LogP contribution in [0, 0.1) is 0 Å². The minimum atomic E-state index is -0.290. The SMILES string of the molecule is COC(=O)C(CN)N1CCN(C(C)(C)C)CC1. The van der Waals surface area contributed by atoms with Crippen LogP contribution in [0.3, 0.4) is 0 Å². The van der Waals surface area contributed by atoms with Gasteiger partial charge >= 0.3 is 5.97 Å². The molecule has 0 aromatic rings. The zero-order valence-electron chi connectivity index (χ0n) is 11.4. The molecular weight excluding hydrogens is 218 g/mol. The summed E-state index contributed by atoms with van der Waals surface area (Å²) in [7, 11) is 1.41. The van der Waals surface area contributed by atoms with Gasteiger partial charge in [0.2, 0.25) is 0 Å². The summed E-state index contributed by atoms with van der Waals surface area (Å²) in [6, 6.07) is -0.290. The van der Waals surface area contributed by atoms with Crippen LogP contribution >= 0.6 is 0 Å². The lowest BCUT2D eigenvalue weighted by Crippen LogP contribution is -2.58. The highest BCUT2D eigenvalue weighted by Crippen LogP contribution is 2.17. The van der Waals surface area contributed by atoms with Crippen molar-refractivity contribution in [3.05, 3.63) is 0 Å². The molecular formula is C12H25N3O2. The van der Waals surface area contributed by atoms with Crippen LogP contribution < -0.4 is 5.73 Å². The average Bonchev–Trinajstić information content (AvgIpc) is 2.29. The van der Waals surface area contributed by atoms with E-state index in [1.807, 2.05) is 0 Å². The molecule has 100 valence electrons. The summed E-state index contributed by atoms with van der Waals surface area (Å²) in [6.07, 6.45) is 0. The molecule has 1 heterocycles. The maximum Gasteiger partial charge on any atom is 0.324 e. The summed E-state index contributed by atoms with van der Waals surface area (Å²) < 4.78 is 4.78. The summed E-state index contributed by atoms with van der Waals surface area (Å²) >= 11 is 0. The summed E-state index contributed by atoms with van der Waals surface area (Å²) in [4.78, 5) is 16.1. The maximum absolute atomic E-state index is 11.6. The highest BCUT2D eigenvalue weighted by atomic mass is 16.5. The molecule has 1 unspecified atom stereocenters. The predicted octanol–water partition coefficient (Wildman–Crippen LogP) is -0.0972. The number of ether oxygens (including phenoxy) is 1. The van der Waals surface area contributed by atoms with Crippen molar-refractivity contribution < 1.29 is 9.53 Å². The van der Waals surface area contributed by atoms with Crippen molar-refractivity contribution in [1.29, 1.82) is 0 Å². The molecule has 0 amide bonds. The van der Waals surface area contributed by atoms with Crippen LogP contribution in [0.4, 0.5) is 0 Å². The number of piperazine rings is 1. The number of hydrogen-bond acceptors (Lipinski definition) is 5. The van der Waals surface area contributed by atoms with Crippen LogP contribution in [-0.4, -0.2) is 67.2 Å². The van der Waals surface area contributed by atoms with Crippen molar-refractivity contribution in [3.8, 4) is 0 Å². The van der Waals surface area contributed by atoms with Gasteiger partial charge in [-0.1, -0.05) is 0 Å². The van der Waals surface area contributed by atoms with Gasteiger partial charge in [-0.2, -0.15) is 0 Å². The third-order valence-corrected chi connectivity index (χ3v) is 3.40. The molecule has 0 aromatic carbocycles. The van der Waals surface area contributed by atoms with Gasteiger partial charge in [-0.3, -0.25) is 14.6 Å². The van der Waals surface area contributed by atoms with E-state index in [9.17, 15) is 4.79 Å². The molecule has 0 radical (unpaired) electrons. The second-order valence-electron chi connectivity index (χ2n) is 5.47. The fourth-order valence-electron chi connectivity index (χ4n) is 2.23.